The lowest BCUT2D eigenvalue weighted by Gasteiger charge is -2.33. The van der Waals surface area contributed by atoms with Gasteiger partial charge in [0.2, 0.25) is 5.75 Å². The minimum absolute atomic E-state index is 0.295. The highest BCUT2D eigenvalue weighted by Crippen LogP contribution is 2.41. The van der Waals surface area contributed by atoms with Gasteiger partial charge in [-0.15, -0.1) is 0 Å². The predicted octanol–water partition coefficient (Wildman–Crippen LogP) is 0.718. The molecule has 0 radical (unpaired) electrons. The minimum atomic E-state index is -1.01. The summed E-state index contributed by atoms with van der Waals surface area (Å²) in [5.74, 6) is 0.875. The third-order valence-corrected chi connectivity index (χ3v) is 4.87. The van der Waals surface area contributed by atoms with E-state index < -0.39 is 11.9 Å². The average Bonchev–Trinajstić information content (AvgIpc) is 2.73. The number of hydrogen-bond donors (Lipinski definition) is 1. The first-order valence-corrected chi connectivity index (χ1v) is 8.87. The molecule has 2 aromatic rings. The molecular weight excluding hydrogens is 364 g/mol. The standard InChI is InChI=1S/C19H24N4O5/c1-26-14-8-12(9-15(27-2)16(14)28-3)13-10-21-17(20)18(22-13)23-6-4-11(5-7-23)19(24)25/h8-11H,4-7H2,1-3H3,(H2,20,21)(H,24,25)/p-1. The molecule has 0 spiro atoms. The number of rotatable bonds is 6. The maximum atomic E-state index is 11.1. The van der Waals surface area contributed by atoms with Gasteiger partial charge in [0.25, 0.3) is 0 Å². The first-order valence-electron chi connectivity index (χ1n) is 8.87. The lowest BCUT2D eigenvalue weighted by atomic mass is 9.97. The van der Waals surface area contributed by atoms with Crippen LogP contribution in [0.4, 0.5) is 11.6 Å². The molecule has 1 fully saturated rings. The number of hydrogen-bond acceptors (Lipinski definition) is 9. The Balaban J connectivity index is 1.95. The highest BCUT2D eigenvalue weighted by atomic mass is 16.5. The molecule has 3 rings (SSSR count). The van der Waals surface area contributed by atoms with Crippen molar-refractivity contribution in [3.63, 3.8) is 0 Å². The highest BCUT2D eigenvalue weighted by molar-refractivity contribution is 5.72. The van der Waals surface area contributed by atoms with E-state index in [9.17, 15) is 9.90 Å². The summed E-state index contributed by atoms with van der Waals surface area (Å²) < 4.78 is 16.1. The lowest BCUT2D eigenvalue weighted by molar-refractivity contribution is -0.312. The molecule has 2 N–H and O–H groups in total. The topological polar surface area (TPSA) is 123 Å². The summed E-state index contributed by atoms with van der Waals surface area (Å²) in [6, 6.07) is 3.57. The SMILES string of the molecule is COc1cc(-c2cnc(N)c(N3CCC(C(=O)[O-])CC3)n2)cc(OC)c1OC. The van der Waals surface area contributed by atoms with Gasteiger partial charge in [-0.3, -0.25) is 0 Å². The number of nitrogens with zero attached hydrogens (tertiary/aromatic N) is 3. The van der Waals surface area contributed by atoms with Gasteiger partial charge in [0, 0.05) is 30.5 Å². The largest absolute Gasteiger partial charge is 0.550 e. The van der Waals surface area contributed by atoms with Gasteiger partial charge in [0.15, 0.2) is 23.1 Å². The van der Waals surface area contributed by atoms with Gasteiger partial charge in [-0.2, -0.15) is 0 Å². The Morgan fingerprint density at radius 1 is 1.14 bits per heavy atom. The number of carboxylic acids is 1. The molecule has 0 aliphatic carbocycles. The zero-order valence-electron chi connectivity index (χ0n) is 16.1. The van der Waals surface area contributed by atoms with Crippen LogP contribution in [0.1, 0.15) is 12.8 Å². The molecule has 1 aliphatic rings. The molecule has 1 aliphatic heterocycles. The molecule has 0 atom stereocenters. The average molecular weight is 387 g/mol. The number of carbonyl (C=O) groups is 1. The van der Waals surface area contributed by atoms with Crippen LogP contribution in [0.15, 0.2) is 18.3 Å². The molecule has 0 bridgehead atoms. The summed E-state index contributed by atoms with van der Waals surface area (Å²) in [5, 5.41) is 11.1. The number of nitrogens with two attached hydrogens (primary N) is 1. The second kappa shape index (κ2) is 8.20. The Morgan fingerprint density at radius 2 is 1.75 bits per heavy atom. The van der Waals surface area contributed by atoms with Crippen molar-refractivity contribution in [1.82, 2.24) is 9.97 Å². The first-order chi connectivity index (χ1) is 13.5. The van der Waals surface area contributed by atoms with Crippen molar-refractivity contribution in [3.05, 3.63) is 18.3 Å². The molecule has 9 nitrogen and oxygen atoms in total. The summed E-state index contributed by atoms with van der Waals surface area (Å²) in [4.78, 5) is 21.9. The Bertz CT molecular complexity index is 840. The summed E-state index contributed by atoms with van der Waals surface area (Å²) >= 11 is 0. The van der Waals surface area contributed by atoms with Crippen LogP contribution >= 0.6 is 0 Å². The fraction of sp³-hybridized carbons (Fsp3) is 0.421. The molecule has 1 saturated heterocycles. The summed E-state index contributed by atoms with van der Waals surface area (Å²) in [6.45, 7) is 1.05. The zero-order chi connectivity index (χ0) is 20.3. The number of carboxylic acid groups (broad SMARTS) is 1. The van der Waals surface area contributed by atoms with Crippen LogP contribution in [0.25, 0.3) is 11.3 Å². The van der Waals surface area contributed by atoms with Gasteiger partial charge in [0.05, 0.1) is 33.2 Å². The molecule has 0 unspecified atom stereocenters. The number of benzene rings is 1. The smallest absolute Gasteiger partial charge is 0.203 e. The lowest BCUT2D eigenvalue weighted by Crippen LogP contribution is -2.41. The third kappa shape index (κ3) is 3.73. The number of methoxy groups -OCH3 is 3. The minimum Gasteiger partial charge on any atom is -0.550 e. The van der Waals surface area contributed by atoms with Crippen LogP contribution in [-0.4, -0.2) is 50.4 Å². The molecule has 1 aromatic heterocycles. The Hall–Kier alpha value is -3.23. The summed E-state index contributed by atoms with van der Waals surface area (Å²) in [6.07, 6.45) is 2.54. The van der Waals surface area contributed by atoms with Gasteiger partial charge < -0.3 is 34.7 Å². The Morgan fingerprint density at radius 3 is 2.25 bits per heavy atom. The number of aliphatic carboxylic acids is 1. The van der Waals surface area contributed by atoms with Crippen LogP contribution in [0.3, 0.4) is 0 Å². The Labute approximate surface area is 163 Å². The molecular formula is C19H23N4O5-. The van der Waals surface area contributed by atoms with Crippen LogP contribution in [0, 0.1) is 5.92 Å². The van der Waals surface area contributed by atoms with Gasteiger partial charge in [-0.1, -0.05) is 0 Å². The second-order valence-corrected chi connectivity index (χ2v) is 6.46. The van der Waals surface area contributed by atoms with E-state index in [1.807, 2.05) is 4.90 Å². The van der Waals surface area contributed by atoms with E-state index in [0.29, 0.717) is 60.5 Å². The van der Waals surface area contributed by atoms with Crippen LogP contribution in [-0.2, 0) is 4.79 Å². The van der Waals surface area contributed by atoms with Gasteiger partial charge in [-0.05, 0) is 25.0 Å². The van der Waals surface area contributed by atoms with Crippen molar-refractivity contribution < 1.29 is 24.1 Å². The van der Waals surface area contributed by atoms with E-state index in [-0.39, 0.29) is 0 Å². The van der Waals surface area contributed by atoms with E-state index in [2.05, 4.69) is 9.97 Å². The normalized spacial score (nSPS) is 14.6. The van der Waals surface area contributed by atoms with Gasteiger partial charge in [-0.25, -0.2) is 9.97 Å². The quantitative estimate of drug-likeness (QED) is 0.763. The summed E-state index contributed by atoms with van der Waals surface area (Å²) in [7, 11) is 4.63. The van der Waals surface area contributed by atoms with Crippen molar-refractivity contribution in [2.45, 2.75) is 12.8 Å². The number of carbonyl (C=O) groups excluding carboxylic acids is 1. The van der Waals surface area contributed by atoms with Crippen molar-refractivity contribution in [2.75, 3.05) is 45.1 Å². The number of piperidine rings is 1. The zero-order valence-corrected chi connectivity index (χ0v) is 16.1. The summed E-state index contributed by atoms with van der Waals surface area (Å²) in [5.41, 5.74) is 7.36. The van der Waals surface area contributed by atoms with Crippen molar-refractivity contribution in [3.8, 4) is 28.5 Å². The number of aromatic nitrogens is 2. The number of anilines is 2. The molecule has 28 heavy (non-hydrogen) atoms. The van der Waals surface area contributed by atoms with Crippen LogP contribution in [0.2, 0.25) is 0 Å². The first kappa shape index (κ1) is 19.5. The monoisotopic (exact) mass is 387 g/mol. The van der Waals surface area contributed by atoms with Crippen LogP contribution in [0.5, 0.6) is 17.2 Å². The fourth-order valence-electron chi connectivity index (χ4n) is 3.32. The molecule has 9 heteroatoms. The molecule has 0 saturated carbocycles. The highest BCUT2D eigenvalue weighted by Gasteiger charge is 2.23. The fourth-order valence-corrected chi connectivity index (χ4v) is 3.32. The van der Waals surface area contributed by atoms with Gasteiger partial charge >= 0.3 is 0 Å². The molecule has 150 valence electrons. The van der Waals surface area contributed by atoms with Gasteiger partial charge in [0.1, 0.15) is 0 Å². The second-order valence-electron chi connectivity index (χ2n) is 6.46. The van der Waals surface area contributed by atoms with Crippen molar-refractivity contribution >= 4 is 17.6 Å². The van der Waals surface area contributed by atoms with E-state index in [1.165, 1.54) is 7.11 Å². The van der Waals surface area contributed by atoms with E-state index >= 15 is 0 Å². The maximum Gasteiger partial charge on any atom is 0.203 e. The van der Waals surface area contributed by atoms with Crippen molar-refractivity contribution in [1.29, 1.82) is 0 Å². The third-order valence-electron chi connectivity index (χ3n) is 4.87. The predicted molar refractivity (Wildman–Crippen MR) is 101 cm³/mol. The van der Waals surface area contributed by atoms with E-state index in [1.54, 1.807) is 32.5 Å². The van der Waals surface area contributed by atoms with E-state index in [0.717, 1.165) is 5.56 Å². The number of nitrogen functional groups attached to an aromatic ring is 1. The molecule has 0 amide bonds. The number of ether oxygens (including phenoxy) is 3. The van der Waals surface area contributed by atoms with Crippen molar-refractivity contribution in [2.24, 2.45) is 5.92 Å². The van der Waals surface area contributed by atoms with Crippen LogP contribution < -0.4 is 30.0 Å². The molecule has 1 aromatic carbocycles. The maximum absolute atomic E-state index is 11.1. The molecule has 2 heterocycles. The van der Waals surface area contributed by atoms with E-state index in [4.69, 9.17) is 19.9 Å². The Kier molecular flexibility index (Phi) is 5.72.